The molecule has 0 spiro atoms. The van der Waals surface area contributed by atoms with Gasteiger partial charge in [0.1, 0.15) is 0 Å². The van der Waals surface area contributed by atoms with E-state index in [1.807, 2.05) is 45.9 Å². The Labute approximate surface area is 126 Å². The SMILES string of the molecule is Cc1ccc(P(O)(O)(OC(C)(C)C)c2ccccc2)cc1. The van der Waals surface area contributed by atoms with Gasteiger partial charge in [-0.15, -0.1) is 0 Å². The van der Waals surface area contributed by atoms with E-state index in [1.54, 1.807) is 36.4 Å². The number of benzene rings is 2. The molecule has 0 saturated carbocycles. The van der Waals surface area contributed by atoms with Gasteiger partial charge in [-0.3, -0.25) is 0 Å². The molecule has 4 heteroatoms. The average molecular weight is 306 g/mol. The zero-order chi connectivity index (χ0) is 15.8. The summed E-state index contributed by atoms with van der Waals surface area (Å²) in [6.45, 7) is 7.41. The molecule has 0 aromatic heterocycles. The number of hydrogen-bond donors (Lipinski definition) is 2. The van der Waals surface area contributed by atoms with E-state index in [0.29, 0.717) is 10.6 Å². The Balaban J connectivity index is 2.67. The van der Waals surface area contributed by atoms with E-state index in [0.717, 1.165) is 5.56 Å². The fourth-order valence-electron chi connectivity index (χ4n) is 2.28. The van der Waals surface area contributed by atoms with Crippen molar-refractivity contribution >= 4 is 17.9 Å². The molecule has 2 N–H and O–H groups in total. The quantitative estimate of drug-likeness (QED) is 0.857. The molecular weight excluding hydrogens is 283 g/mol. The summed E-state index contributed by atoms with van der Waals surface area (Å²) in [4.78, 5) is 22.6. The van der Waals surface area contributed by atoms with E-state index in [1.165, 1.54) is 0 Å². The molecule has 0 unspecified atom stereocenters. The van der Waals surface area contributed by atoms with Crippen molar-refractivity contribution in [2.45, 2.75) is 33.3 Å². The third kappa shape index (κ3) is 3.33. The molecule has 3 nitrogen and oxygen atoms in total. The molecule has 2 aromatic carbocycles. The molecule has 0 heterocycles. The van der Waals surface area contributed by atoms with Gasteiger partial charge in [-0.25, -0.2) is 0 Å². The first-order valence-corrected chi connectivity index (χ1v) is 9.03. The third-order valence-electron chi connectivity index (χ3n) is 3.17. The topological polar surface area (TPSA) is 49.7 Å². The molecule has 2 rings (SSSR count). The first-order valence-electron chi connectivity index (χ1n) is 6.97. The Bertz CT molecular complexity index is 613. The Morgan fingerprint density at radius 3 is 1.76 bits per heavy atom. The van der Waals surface area contributed by atoms with Crippen molar-refractivity contribution in [3.63, 3.8) is 0 Å². The number of aryl methyl sites for hydroxylation is 1. The van der Waals surface area contributed by atoms with E-state index in [2.05, 4.69) is 0 Å². The molecule has 0 bridgehead atoms. The molecule has 114 valence electrons. The summed E-state index contributed by atoms with van der Waals surface area (Å²) in [7, 11) is -4.65. The van der Waals surface area contributed by atoms with Crippen LogP contribution in [-0.4, -0.2) is 15.4 Å². The predicted molar refractivity (Wildman–Crippen MR) is 89.1 cm³/mol. The van der Waals surface area contributed by atoms with Gasteiger partial charge in [-0.2, -0.15) is 0 Å². The van der Waals surface area contributed by atoms with Crippen LogP contribution >= 0.6 is 7.28 Å². The summed E-state index contributed by atoms with van der Waals surface area (Å²) in [5.74, 6) is 0. The van der Waals surface area contributed by atoms with Crippen LogP contribution in [0.3, 0.4) is 0 Å². The second-order valence-corrected chi connectivity index (χ2v) is 9.43. The van der Waals surface area contributed by atoms with Crippen LogP contribution in [0.5, 0.6) is 0 Å². The summed E-state index contributed by atoms with van der Waals surface area (Å²) >= 11 is 0. The van der Waals surface area contributed by atoms with Crippen LogP contribution < -0.4 is 10.6 Å². The van der Waals surface area contributed by atoms with Gasteiger partial charge in [0, 0.05) is 0 Å². The maximum atomic E-state index is 11.3. The normalized spacial score (nSPS) is 14.5. The van der Waals surface area contributed by atoms with Crippen LogP contribution in [0, 0.1) is 6.92 Å². The van der Waals surface area contributed by atoms with Crippen molar-refractivity contribution in [2.24, 2.45) is 0 Å². The van der Waals surface area contributed by atoms with Crippen molar-refractivity contribution in [3.05, 3.63) is 60.2 Å². The summed E-state index contributed by atoms with van der Waals surface area (Å²) in [5.41, 5.74) is 0.364. The van der Waals surface area contributed by atoms with Crippen molar-refractivity contribution in [2.75, 3.05) is 0 Å². The first-order chi connectivity index (χ1) is 9.61. The van der Waals surface area contributed by atoms with Gasteiger partial charge in [0.15, 0.2) is 0 Å². The number of hydrogen-bond acceptors (Lipinski definition) is 3. The van der Waals surface area contributed by atoms with Crippen molar-refractivity contribution < 1.29 is 14.3 Å². The molecule has 0 atom stereocenters. The van der Waals surface area contributed by atoms with E-state index < -0.39 is 12.9 Å². The van der Waals surface area contributed by atoms with Crippen molar-refractivity contribution in [1.29, 1.82) is 0 Å². The molecule has 0 saturated heterocycles. The predicted octanol–water partition coefficient (Wildman–Crippen LogP) is 3.04. The van der Waals surface area contributed by atoms with E-state index >= 15 is 0 Å². The van der Waals surface area contributed by atoms with E-state index in [4.69, 9.17) is 4.52 Å². The molecular formula is C17H23O3P. The van der Waals surface area contributed by atoms with Gasteiger partial charge >= 0.3 is 126 Å². The molecule has 0 aliphatic heterocycles. The van der Waals surface area contributed by atoms with Crippen LogP contribution in [0.25, 0.3) is 0 Å². The Kier molecular flexibility index (Phi) is 3.98. The molecule has 0 aliphatic rings. The fraction of sp³-hybridized carbons (Fsp3) is 0.294. The van der Waals surface area contributed by atoms with Crippen LogP contribution in [0.2, 0.25) is 0 Å². The van der Waals surface area contributed by atoms with Crippen LogP contribution in [0.1, 0.15) is 26.3 Å². The van der Waals surface area contributed by atoms with Gasteiger partial charge in [0.25, 0.3) is 0 Å². The van der Waals surface area contributed by atoms with Crippen LogP contribution in [0.15, 0.2) is 54.6 Å². The molecule has 21 heavy (non-hydrogen) atoms. The van der Waals surface area contributed by atoms with Gasteiger partial charge in [0.05, 0.1) is 0 Å². The van der Waals surface area contributed by atoms with Crippen molar-refractivity contribution in [1.82, 2.24) is 0 Å². The van der Waals surface area contributed by atoms with Gasteiger partial charge in [-0.1, -0.05) is 0 Å². The van der Waals surface area contributed by atoms with Crippen LogP contribution in [-0.2, 0) is 4.52 Å². The second-order valence-electron chi connectivity index (χ2n) is 6.32. The average Bonchev–Trinajstić information content (AvgIpc) is 2.38. The first kappa shape index (κ1) is 16.1. The minimum atomic E-state index is -4.65. The maximum absolute atomic E-state index is 11.3. The summed E-state index contributed by atoms with van der Waals surface area (Å²) in [6.07, 6.45) is 0. The third-order valence-corrected chi connectivity index (χ3v) is 6.52. The van der Waals surface area contributed by atoms with Crippen molar-refractivity contribution in [3.8, 4) is 0 Å². The Hall–Kier alpha value is -1.25. The minimum absolute atomic E-state index is 0.405. The van der Waals surface area contributed by atoms with Gasteiger partial charge in [-0.05, 0) is 0 Å². The summed E-state index contributed by atoms with van der Waals surface area (Å²) < 4.78 is 5.87. The zero-order valence-corrected chi connectivity index (χ0v) is 13.8. The van der Waals surface area contributed by atoms with E-state index in [-0.39, 0.29) is 0 Å². The molecule has 2 aromatic rings. The summed E-state index contributed by atoms with van der Waals surface area (Å²) in [5, 5.41) is 0.815. The van der Waals surface area contributed by atoms with Crippen LogP contribution in [0.4, 0.5) is 0 Å². The number of rotatable bonds is 3. The van der Waals surface area contributed by atoms with Gasteiger partial charge < -0.3 is 0 Å². The standard InChI is InChI=1S/C17H23O3P/c1-14-10-12-16(13-11-14)21(18,19,20-17(2,3)4)15-8-6-5-7-9-15/h5-13,18-19H,1-4H3. The molecule has 0 fully saturated rings. The van der Waals surface area contributed by atoms with E-state index in [9.17, 15) is 9.79 Å². The zero-order valence-electron chi connectivity index (χ0n) is 12.9. The Morgan fingerprint density at radius 1 is 0.810 bits per heavy atom. The Morgan fingerprint density at radius 2 is 1.29 bits per heavy atom. The second kappa shape index (κ2) is 5.19. The molecule has 0 amide bonds. The molecule has 0 radical (unpaired) electrons. The van der Waals surface area contributed by atoms with Gasteiger partial charge in [0.2, 0.25) is 0 Å². The monoisotopic (exact) mass is 306 g/mol. The summed E-state index contributed by atoms with van der Waals surface area (Å²) in [6, 6.07) is 16.0. The fourth-order valence-corrected chi connectivity index (χ4v) is 5.23. The molecule has 0 aliphatic carbocycles.